The first kappa shape index (κ1) is 17.3. The van der Waals surface area contributed by atoms with Gasteiger partial charge in [0.15, 0.2) is 0 Å². The zero-order chi connectivity index (χ0) is 16.5. The molecule has 1 fully saturated rings. The second kappa shape index (κ2) is 6.59. The second-order valence-corrected chi connectivity index (χ2v) is 7.59. The van der Waals surface area contributed by atoms with E-state index in [-0.39, 0.29) is 12.0 Å². The Morgan fingerprint density at radius 1 is 1.41 bits per heavy atom. The number of hydrogen-bond donors (Lipinski definition) is 1. The topological polar surface area (TPSA) is 49.8 Å². The number of ether oxygens (including phenoxy) is 1. The average Bonchev–Trinajstić information content (AvgIpc) is 2.74. The summed E-state index contributed by atoms with van der Waals surface area (Å²) in [7, 11) is 0. The van der Waals surface area contributed by atoms with Crippen LogP contribution >= 0.6 is 15.9 Å². The molecule has 1 aliphatic heterocycles. The molecule has 3 unspecified atom stereocenters. The first-order valence-corrected chi connectivity index (χ1v) is 8.47. The molecule has 122 valence electrons. The fourth-order valence-electron chi connectivity index (χ4n) is 2.98. The molecule has 1 aromatic rings. The number of carbonyl (C=O) groups is 1. The van der Waals surface area contributed by atoms with Gasteiger partial charge < -0.3 is 9.84 Å². The van der Waals surface area contributed by atoms with Crippen molar-refractivity contribution < 1.29 is 14.6 Å². The van der Waals surface area contributed by atoms with Crippen LogP contribution < -0.4 is 0 Å². The molecule has 1 heterocycles. The van der Waals surface area contributed by atoms with Crippen molar-refractivity contribution in [3.05, 3.63) is 34.3 Å². The van der Waals surface area contributed by atoms with Crippen LogP contribution in [-0.4, -0.2) is 27.9 Å². The molecule has 0 saturated carbocycles. The van der Waals surface area contributed by atoms with Crippen molar-refractivity contribution in [2.24, 2.45) is 5.92 Å². The van der Waals surface area contributed by atoms with Gasteiger partial charge in [-0.1, -0.05) is 47.5 Å². The van der Waals surface area contributed by atoms with E-state index in [4.69, 9.17) is 4.74 Å². The third-order valence-electron chi connectivity index (χ3n) is 3.93. The monoisotopic (exact) mass is 369 g/mol. The highest BCUT2D eigenvalue weighted by molar-refractivity contribution is 9.10. The summed E-state index contributed by atoms with van der Waals surface area (Å²) in [5.41, 5.74) is 0.427. The Balaban J connectivity index is 2.37. The zero-order valence-electron chi connectivity index (χ0n) is 13.5. The van der Waals surface area contributed by atoms with Gasteiger partial charge in [-0.2, -0.15) is 0 Å². The van der Waals surface area contributed by atoms with Crippen LogP contribution in [0, 0.1) is 5.92 Å². The van der Waals surface area contributed by atoms with Crippen molar-refractivity contribution in [2.45, 2.75) is 58.4 Å². The van der Waals surface area contributed by atoms with Crippen LogP contribution in [0.3, 0.4) is 0 Å². The quantitative estimate of drug-likeness (QED) is 0.835. The fraction of sp³-hybridized carbons (Fsp3) is 0.588. The normalized spacial score (nSPS) is 25.4. The van der Waals surface area contributed by atoms with E-state index in [0.717, 1.165) is 16.5 Å². The molecule has 0 spiro atoms. The van der Waals surface area contributed by atoms with Crippen LogP contribution in [0.4, 0.5) is 4.79 Å². The first-order valence-electron chi connectivity index (χ1n) is 7.68. The minimum absolute atomic E-state index is 0.176. The van der Waals surface area contributed by atoms with Crippen LogP contribution in [0.15, 0.2) is 28.7 Å². The van der Waals surface area contributed by atoms with E-state index in [1.807, 2.05) is 45.0 Å². The summed E-state index contributed by atoms with van der Waals surface area (Å²) < 4.78 is 6.43. The van der Waals surface area contributed by atoms with Gasteiger partial charge in [0.2, 0.25) is 0 Å². The summed E-state index contributed by atoms with van der Waals surface area (Å²) in [5.74, 6) is 0.209. The zero-order valence-corrected chi connectivity index (χ0v) is 15.1. The lowest BCUT2D eigenvalue weighted by atomic mass is 9.91. The Morgan fingerprint density at radius 3 is 2.59 bits per heavy atom. The van der Waals surface area contributed by atoms with Crippen LogP contribution in [0.2, 0.25) is 0 Å². The lowest BCUT2D eigenvalue weighted by Crippen LogP contribution is -2.41. The maximum absolute atomic E-state index is 12.6. The highest BCUT2D eigenvalue weighted by Gasteiger charge is 2.45. The Kier molecular flexibility index (Phi) is 5.17. The van der Waals surface area contributed by atoms with Gasteiger partial charge in [0.1, 0.15) is 11.8 Å². The summed E-state index contributed by atoms with van der Waals surface area (Å²) in [6.07, 6.45) is 0.193. The number of aliphatic hydroxyl groups excluding tert-OH is 1. The van der Waals surface area contributed by atoms with E-state index in [2.05, 4.69) is 22.9 Å². The number of carbonyl (C=O) groups excluding carboxylic acids is 1. The molecule has 1 aliphatic rings. The van der Waals surface area contributed by atoms with Crippen molar-refractivity contribution in [3.63, 3.8) is 0 Å². The van der Waals surface area contributed by atoms with E-state index >= 15 is 0 Å². The summed E-state index contributed by atoms with van der Waals surface area (Å²) in [6.45, 7) is 7.58. The fourth-order valence-corrected chi connectivity index (χ4v) is 3.50. The predicted molar refractivity (Wildman–Crippen MR) is 89.4 cm³/mol. The van der Waals surface area contributed by atoms with Gasteiger partial charge >= 0.3 is 6.09 Å². The van der Waals surface area contributed by atoms with Crippen molar-refractivity contribution >= 4 is 22.0 Å². The second-order valence-electron chi connectivity index (χ2n) is 6.74. The molecule has 1 amide bonds. The third kappa shape index (κ3) is 3.63. The van der Waals surface area contributed by atoms with Crippen molar-refractivity contribution in [1.29, 1.82) is 0 Å². The van der Waals surface area contributed by atoms with Gasteiger partial charge in [0, 0.05) is 4.47 Å². The van der Waals surface area contributed by atoms with E-state index in [0.29, 0.717) is 6.42 Å². The molecule has 22 heavy (non-hydrogen) atoms. The molecule has 4 nitrogen and oxygen atoms in total. The highest BCUT2D eigenvalue weighted by Crippen LogP contribution is 2.44. The number of aliphatic hydroxyl groups is 1. The van der Waals surface area contributed by atoms with Crippen LogP contribution in [0.25, 0.3) is 0 Å². The third-order valence-corrected chi connectivity index (χ3v) is 4.66. The van der Waals surface area contributed by atoms with Crippen molar-refractivity contribution in [3.8, 4) is 0 Å². The summed E-state index contributed by atoms with van der Waals surface area (Å²) in [6, 6.07) is 7.67. The number of hydrogen-bond acceptors (Lipinski definition) is 3. The van der Waals surface area contributed by atoms with Gasteiger partial charge in [0.05, 0.1) is 6.04 Å². The molecule has 1 saturated heterocycles. The van der Waals surface area contributed by atoms with Gasteiger partial charge in [-0.25, -0.2) is 4.79 Å². The molecule has 3 atom stereocenters. The van der Waals surface area contributed by atoms with Gasteiger partial charge in [-0.15, -0.1) is 0 Å². The van der Waals surface area contributed by atoms with Gasteiger partial charge in [-0.05, 0) is 44.7 Å². The maximum atomic E-state index is 12.6. The molecule has 0 aliphatic carbocycles. The molecule has 0 bridgehead atoms. The van der Waals surface area contributed by atoms with Crippen LogP contribution in [0.1, 0.15) is 52.1 Å². The lowest BCUT2D eigenvalue weighted by Gasteiger charge is -2.32. The van der Waals surface area contributed by atoms with Crippen molar-refractivity contribution in [1.82, 2.24) is 4.90 Å². The molecule has 1 N–H and O–H groups in total. The minimum atomic E-state index is -0.808. The Labute approximate surface area is 140 Å². The SMILES string of the molecule is CCC1CC(O)N(C(=O)OC(C)(C)C)C1c1ccccc1Br. The Hall–Kier alpha value is -1.07. The summed E-state index contributed by atoms with van der Waals surface area (Å²) in [4.78, 5) is 14.0. The van der Waals surface area contributed by atoms with E-state index in [1.54, 1.807) is 0 Å². The molecular weight excluding hydrogens is 346 g/mol. The number of benzene rings is 1. The Bertz CT molecular complexity index is 541. The smallest absolute Gasteiger partial charge is 0.412 e. The molecule has 0 radical (unpaired) electrons. The molecule has 5 heteroatoms. The number of rotatable bonds is 2. The van der Waals surface area contributed by atoms with E-state index in [9.17, 15) is 9.90 Å². The van der Waals surface area contributed by atoms with Gasteiger partial charge in [-0.3, -0.25) is 4.90 Å². The number of nitrogens with zero attached hydrogens (tertiary/aromatic N) is 1. The van der Waals surface area contributed by atoms with E-state index < -0.39 is 17.9 Å². The minimum Gasteiger partial charge on any atom is -0.444 e. The van der Waals surface area contributed by atoms with Gasteiger partial charge in [0.25, 0.3) is 0 Å². The molecule has 2 rings (SSSR count). The highest BCUT2D eigenvalue weighted by atomic mass is 79.9. The number of amides is 1. The van der Waals surface area contributed by atoms with Crippen molar-refractivity contribution in [2.75, 3.05) is 0 Å². The maximum Gasteiger partial charge on any atom is 0.412 e. The largest absolute Gasteiger partial charge is 0.444 e. The summed E-state index contributed by atoms with van der Waals surface area (Å²) in [5, 5.41) is 10.4. The number of likely N-dealkylation sites (tertiary alicyclic amines) is 1. The molecule has 0 aromatic heterocycles. The van der Waals surface area contributed by atoms with Crippen LogP contribution in [-0.2, 0) is 4.74 Å². The molecule has 1 aromatic carbocycles. The molecular formula is C17H24BrNO3. The summed E-state index contributed by atoms with van der Waals surface area (Å²) >= 11 is 3.56. The lowest BCUT2D eigenvalue weighted by molar-refractivity contribution is -0.0253. The standard InChI is InChI=1S/C17H24BrNO3/c1-5-11-10-14(20)19(16(21)22-17(2,3)4)15(11)12-8-6-7-9-13(12)18/h6-9,11,14-15,20H,5,10H2,1-4H3. The average molecular weight is 370 g/mol. The predicted octanol–water partition coefficient (Wildman–Crippen LogP) is 4.48. The Morgan fingerprint density at radius 2 is 2.05 bits per heavy atom. The van der Waals surface area contributed by atoms with E-state index in [1.165, 1.54) is 4.90 Å². The van der Waals surface area contributed by atoms with Crippen LogP contribution in [0.5, 0.6) is 0 Å². The first-order chi connectivity index (χ1) is 10.2. The number of halogens is 1.